The molecule has 0 aromatic rings. The minimum Gasteiger partial charge on any atom is -0.450 e. The standard InChI is InChI=1S/C32H62N4O4/c1-11-28(7)20-24(22(5)30(9,13-3)35-28)32(40-27(34)38,18-16-15-17-19-39-26(33)37)25-21-29(8,12-2)36-31(10,14-4)23(25)6/h22-25,35-36H,11-21H2,1-10H3,(H2,33,37)(H2,34,38). The Morgan fingerprint density at radius 3 is 1.55 bits per heavy atom. The molecule has 0 bridgehead atoms. The SMILES string of the molecule is CCC1(C)CC(C(CCCCCOC(N)=O)(OC(N)=O)C2CC(C)(CC)NC(C)(CC)C2C)C(C)C(C)(CC)N1. The molecule has 0 saturated carbocycles. The summed E-state index contributed by atoms with van der Waals surface area (Å²) in [7, 11) is 0. The predicted octanol–water partition coefficient (Wildman–Crippen LogP) is 6.64. The van der Waals surface area contributed by atoms with Crippen LogP contribution in [0.3, 0.4) is 0 Å². The maximum absolute atomic E-state index is 12.9. The fourth-order valence-corrected chi connectivity index (χ4v) is 8.29. The number of amides is 2. The molecule has 2 heterocycles. The molecular weight excluding hydrogens is 504 g/mol. The Labute approximate surface area is 244 Å². The molecule has 2 aliphatic rings. The summed E-state index contributed by atoms with van der Waals surface area (Å²) in [6, 6.07) is 0. The normalized spacial score (nSPS) is 39.8. The van der Waals surface area contributed by atoms with Crippen molar-refractivity contribution in [3.05, 3.63) is 0 Å². The van der Waals surface area contributed by atoms with Crippen LogP contribution < -0.4 is 22.1 Å². The number of hydrogen-bond acceptors (Lipinski definition) is 6. The quantitative estimate of drug-likeness (QED) is 0.185. The number of ether oxygens (including phenoxy) is 2. The topological polar surface area (TPSA) is 129 Å². The molecule has 8 atom stereocenters. The highest BCUT2D eigenvalue weighted by atomic mass is 16.6. The van der Waals surface area contributed by atoms with Gasteiger partial charge in [0.1, 0.15) is 5.60 Å². The van der Waals surface area contributed by atoms with Crippen LogP contribution in [0, 0.1) is 23.7 Å². The van der Waals surface area contributed by atoms with Gasteiger partial charge in [0, 0.05) is 34.0 Å². The molecule has 2 aliphatic heterocycles. The molecule has 8 nitrogen and oxygen atoms in total. The van der Waals surface area contributed by atoms with E-state index < -0.39 is 17.8 Å². The Morgan fingerprint density at radius 1 is 0.750 bits per heavy atom. The summed E-state index contributed by atoms with van der Waals surface area (Å²) >= 11 is 0. The number of carbonyl (C=O) groups excluding carboxylic acids is 2. The second-order valence-electron chi connectivity index (χ2n) is 14.2. The first kappa shape index (κ1) is 34.7. The van der Waals surface area contributed by atoms with Crippen molar-refractivity contribution in [3.63, 3.8) is 0 Å². The second-order valence-corrected chi connectivity index (χ2v) is 14.2. The number of nitrogens with one attached hydrogen (secondary N) is 2. The Kier molecular flexibility index (Phi) is 11.4. The lowest BCUT2D eigenvalue weighted by Crippen LogP contribution is -2.73. The number of unbranched alkanes of at least 4 members (excludes halogenated alkanes) is 2. The summed E-state index contributed by atoms with van der Waals surface area (Å²) in [5, 5.41) is 8.06. The lowest BCUT2D eigenvalue weighted by Gasteiger charge is -2.63. The van der Waals surface area contributed by atoms with E-state index in [1.54, 1.807) is 0 Å². The predicted molar refractivity (Wildman–Crippen MR) is 163 cm³/mol. The van der Waals surface area contributed by atoms with Crippen LogP contribution in [0.5, 0.6) is 0 Å². The summed E-state index contributed by atoms with van der Waals surface area (Å²) in [4.78, 5) is 24.0. The van der Waals surface area contributed by atoms with Gasteiger partial charge in [0.25, 0.3) is 0 Å². The van der Waals surface area contributed by atoms with Crippen LogP contribution in [0.1, 0.15) is 133 Å². The van der Waals surface area contributed by atoms with Crippen molar-refractivity contribution in [3.8, 4) is 0 Å². The number of primary amides is 2. The maximum Gasteiger partial charge on any atom is 0.405 e. The Bertz CT molecular complexity index is 824. The van der Waals surface area contributed by atoms with Gasteiger partial charge in [0.15, 0.2) is 0 Å². The van der Waals surface area contributed by atoms with Gasteiger partial charge in [-0.2, -0.15) is 0 Å². The van der Waals surface area contributed by atoms with E-state index in [1.165, 1.54) is 0 Å². The maximum atomic E-state index is 12.9. The Balaban J connectivity index is 2.70. The third kappa shape index (κ3) is 7.26. The van der Waals surface area contributed by atoms with Gasteiger partial charge in [-0.1, -0.05) is 41.5 Å². The first-order chi connectivity index (χ1) is 18.5. The van der Waals surface area contributed by atoms with E-state index in [2.05, 4.69) is 79.9 Å². The summed E-state index contributed by atoms with van der Waals surface area (Å²) in [6.45, 7) is 23.3. The van der Waals surface area contributed by atoms with Crippen molar-refractivity contribution in [1.82, 2.24) is 10.6 Å². The fraction of sp³-hybridized carbons (Fsp3) is 0.938. The highest BCUT2D eigenvalue weighted by Gasteiger charge is 2.62. The van der Waals surface area contributed by atoms with Gasteiger partial charge in [0.05, 0.1) is 6.61 Å². The van der Waals surface area contributed by atoms with Crippen LogP contribution in [0.15, 0.2) is 0 Å². The van der Waals surface area contributed by atoms with Gasteiger partial charge in [-0.25, -0.2) is 9.59 Å². The highest BCUT2D eigenvalue weighted by molar-refractivity contribution is 5.65. The number of nitrogens with two attached hydrogens (primary N) is 2. The minimum atomic E-state index is -0.742. The summed E-state index contributed by atoms with van der Waals surface area (Å²) in [5.41, 5.74) is 10.1. The molecule has 8 heteroatoms. The molecule has 0 aromatic heterocycles. The Morgan fingerprint density at radius 2 is 1.20 bits per heavy atom. The minimum absolute atomic E-state index is 0.0816. The number of hydrogen-bond donors (Lipinski definition) is 4. The molecule has 2 rings (SSSR count). The van der Waals surface area contributed by atoms with E-state index in [1.807, 2.05) is 0 Å². The van der Waals surface area contributed by atoms with Crippen LogP contribution in [-0.2, 0) is 9.47 Å². The van der Waals surface area contributed by atoms with Crippen LogP contribution >= 0.6 is 0 Å². The van der Waals surface area contributed by atoms with Crippen molar-refractivity contribution < 1.29 is 19.1 Å². The van der Waals surface area contributed by atoms with Gasteiger partial charge < -0.3 is 31.6 Å². The van der Waals surface area contributed by atoms with Crippen LogP contribution in [0.2, 0.25) is 0 Å². The highest BCUT2D eigenvalue weighted by Crippen LogP contribution is 2.56. The number of piperidine rings is 2. The smallest absolute Gasteiger partial charge is 0.405 e. The zero-order valence-electron chi connectivity index (χ0n) is 27.4. The molecule has 8 unspecified atom stereocenters. The van der Waals surface area contributed by atoms with Gasteiger partial charge >= 0.3 is 12.2 Å². The van der Waals surface area contributed by atoms with Gasteiger partial charge in [-0.05, 0) is 104 Å². The van der Waals surface area contributed by atoms with Crippen LogP contribution in [0.4, 0.5) is 9.59 Å². The molecule has 0 spiro atoms. The third-order valence-corrected chi connectivity index (χ3v) is 11.8. The van der Waals surface area contributed by atoms with Crippen LogP contribution in [0.25, 0.3) is 0 Å². The molecule has 0 aliphatic carbocycles. The third-order valence-electron chi connectivity index (χ3n) is 11.8. The molecule has 2 amide bonds. The Hall–Kier alpha value is -1.54. The second kappa shape index (κ2) is 13.2. The van der Waals surface area contributed by atoms with Crippen molar-refractivity contribution in [2.24, 2.45) is 35.1 Å². The fourth-order valence-electron chi connectivity index (χ4n) is 8.29. The van der Waals surface area contributed by atoms with Crippen molar-refractivity contribution in [2.45, 2.75) is 161 Å². The molecular formula is C32H62N4O4. The molecule has 234 valence electrons. The molecule has 6 N–H and O–H groups in total. The average Bonchev–Trinajstić information content (AvgIpc) is 2.89. The number of rotatable bonds is 13. The molecule has 0 aromatic carbocycles. The van der Waals surface area contributed by atoms with Crippen LogP contribution in [-0.4, -0.2) is 46.6 Å². The average molecular weight is 567 g/mol. The lowest BCUT2D eigenvalue weighted by atomic mass is 9.51. The van der Waals surface area contributed by atoms with Gasteiger partial charge in [-0.15, -0.1) is 0 Å². The summed E-state index contributed by atoms with van der Waals surface area (Å²) in [5.74, 6) is 0.784. The molecule has 40 heavy (non-hydrogen) atoms. The van der Waals surface area contributed by atoms with Crippen molar-refractivity contribution >= 4 is 12.2 Å². The number of carbonyl (C=O) groups is 2. The monoisotopic (exact) mass is 566 g/mol. The largest absolute Gasteiger partial charge is 0.450 e. The first-order valence-electron chi connectivity index (χ1n) is 16.0. The van der Waals surface area contributed by atoms with Gasteiger partial charge in [-0.3, -0.25) is 0 Å². The summed E-state index contributed by atoms with van der Waals surface area (Å²) in [6.07, 6.45) is 7.51. The lowest BCUT2D eigenvalue weighted by molar-refractivity contribution is -0.171. The van der Waals surface area contributed by atoms with E-state index in [0.717, 1.165) is 64.2 Å². The van der Waals surface area contributed by atoms with Gasteiger partial charge in [0.2, 0.25) is 0 Å². The van der Waals surface area contributed by atoms with E-state index in [4.69, 9.17) is 20.9 Å². The molecule has 2 fully saturated rings. The van der Waals surface area contributed by atoms with E-state index in [-0.39, 0.29) is 45.8 Å². The van der Waals surface area contributed by atoms with Crippen molar-refractivity contribution in [2.75, 3.05) is 6.61 Å². The van der Waals surface area contributed by atoms with Crippen molar-refractivity contribution in [1.29, 1.82) is 0 Å². The van der Waals surface area contributed by atoms with E-state index >= 15 is 0 Å². The zero-order chi connectivity index (χ0) is 30.6. The first-order valence-corrected chi connectivity index (χ1v) is 16.0. The molecule has 2 saturated heterocycles. The zero-order valence-corrected chi connectivity index (χ0v) is 27.4. The molecule has 0 radical (unpaired) electrons. The van der Waals surface area contributed by atoms with E-state index in [0.29, 0.717) is 6.61 Å². The van der Waals surface area contributed by atoms with E-state index in [9.17, 15) is 9.59 Å². The summed E-state index contributed by atoms with van der Waals surface area (Å²) < 4.78 is 11.6.